The molecule has 1 aromatic carbocycles. The summed E-state index contributed by atoms with van der Waals surface area (Å²) < 4.78 is 0. The van der Waals surface area contributed by atoms with Crippen molar-refractivity contribution in [1.29, 1.82) is 0 Å². The van der Waals surface area contributed by atoms with E-state index >= 15 is 0 Å². The van der Waals surface area contributed by atoms with Gasteiger partial charge in [-0.1, -0.05) is 12.1 Å². The fraction of sp³-hybridized carbons (Fsp3) is 0.308. The summed E-state index contributed by atoms with van der Waals surface area (Å²) in [6.45, 7) is 4.87. The van der Waals surface area contributed by atoms with Gasteiger partial charge in [-0.2, -0.15) is 0 Å². The zero-order chi connectivity index (χ0) is 13.5. The zero-order valence-corrected chi connectivity index (χ0v) is 10.5. The van der Waals surface area contributed by atoms with E-state index in [-0.39, 0.29) is 0 Å². The average Bonchev–Trinajstić information content (AvgIpc) is 2.27. The third kappa shape index (κ3) is 1.77. The summed E-state index contributed by atoms with van der Waals surface area (Å²) >= 11 is 0. The first kappa shape index (κ1) is 12.3. The molecule has 0 radical (unpaired) electrons. The molecule has 1 aromatic rings. The van der Waals surface area contributed by atoms with Gasteiger partial charge in [0.05, 0.1) is 5.69 Å². The van der Waals surface area contributed by atoms with Crippen molar-refractivity contribution in [3.05, 3.63) is 29.8 Å². The average molecular weight is 246 g/mol. The maximum Gasteiger partial charge on any atom is 0.335 e. The summed E-state index contributed by atoms with van der Waals surface area (Å²) in [5.74, 6) is -1.08. The molecule has 0 saturated carbocycles. The zero-order valence-electron chi connectivity index (χ0n) is 10.5. The summed E-state index contributed by atoms with van der Waals surface area (Å²) in [7, 11) is 0. The van der Waals surface area contributed by atoms with Crippen molar-refractivity contribution in [3.63, 3.8) is 0 Å². The van der Waals surface area contributed by atoms with E-state index in [9.17, 15) is 14.4 Å². The van der Waals surface area contributed by atoms with Gasteiger partial charge < -0.3 is 0 Å². The lowest BCUT2D eigenvalue weighted by molar-refractivity contribution is -0.140. The SMILES string of the molecule is Cc1cccc(N2C(=O)NC(=O)C(C)(C)C2=O)c1. The van der Waals surface area contributed by atoms with Crippen molar-refractivity contribution in [2.75, 3.05) is 4.90 Å². The fourth-order valence-corrected chi connectivity index (χ4v) is 1.78. The van der Waals surface area contributed by atoms with E-state index in [2.05, 4.69) is 5.32 Å². The maximum atomic E-state index is 12.2. The fourth-order valence-electron chi connectivity index (χ4n) is 1.78. The van der Waals surface area contributed by atoms with Crippen molar-refractivity contribution < 1.29 is 14.4 Å². The quantitative estimate of drug-likeness (QED) is 0.765. The van der Waals surface area contributed by atoms with Crippen LogP contribution in [0.2, 0.25) is 0 Å². The Morgan fingerprint density at radius 2 is 1.83 bits per heavy atom. The smallest absolute Gasteiger partial charge is 0.276 e. The van der Waals surface area contributed by atoms with Gasteiger partial charge in [-0.3, -0.25) is 14.9 Å². The van der Waals surface area contributed by atoms with Gasteiger partial charge in [0.2, 0.25) is 11.8 Å². The van der Waals surface area contributed by atoms with Crippen LogP contribution in [0.5, 0.6) is 0 Å². The third-order valence-corrected chi connectivity index (χ3v) is 2.99. The number of hydrogen-bond acceptors (Lipinski definition) is 3. The van der Waals surface area contributed by atoms with E-state index in [1.807, 2.05) is 13.0 Å². The number of carbonyl (C=O) groups excluding carboxylic acids is 3. The minimum Gasteiger partial charge on any atom is -0.276 e. The van der Waals surface area contributed by atoms with Gasteiger partial charge in [-0.25, -0.2) is 9.69 Å². The number of urea groups is 1. The van der Waals surface area contributed by atoms with Gasteiger partial charge in [0.1, 0.15) is 5.41 Å². The van der Waals surface area contributed by atoms with Crippen molar-refractivity contribution >= 4 is 23.5 Å². The first-order valence-electron chi connectivity index (χ1n) is 5.60. The molecule has 1 heterocycles. The highest BCUT2D eigenvalue weighted by Gasteiger charge is 2.47. The molecule has 1 aliphatic heterocycles. The largest absolute Gasteiger partial charge is 0.335 e. The van der Waals surface area contributed by atoms with Crippen LogP contribution in [-0.4, -0.2) is 17.8 Å². The molecule has 94 valence electrons. The van der Waals surface area contributed by atoms with Crippen LogP contribution in [-0.2, 0) is 9.59 Å². The summed E-state index contributed by atoms with van der Waals surface area (Å²) in [6, 6.07) is 6.32. The molecule has 1 N–H and O–H groups in total. The van der Waals surface area contributed by atoms with Crippen LogP contribution in [0, 0.1) is 12.3 Å². The van der Waals surface area contributed by atoms with Gasteiger partial charge in [-0.15, -0.1) is 0 Å². The van der Waals surface area contributed by atoms with E-state index in [0.29, 0.717) is 5.69 Å². The molecular formula is C13H14N2O3. The molecule has 1 fully saturated rings. The summed E-state index contributed by atoms with van der Waals surface area (Å²) in [5.41, 5.74) is 0.165. The Morgan fingerprint density at radius 3 is 2.44 bits per heavy atom. The Bertz CT molecular complexity index is 549. The molecule has 5 heteroatoms. The van der Waals surface area contributed by atoms with E-state index in [4.69, 9.17) is 0 Å². The number of anilines is 1. The second-order valence-corrected chi connectivity index (χ2v) is 4.86. The van der Waals surface area contributed by atoms with E-state index < -0.39 is 23.3 Å². The Balaban J connectivity index is 2.47. The highest BCUT2D eigenvalue weighted by Crippen LogP contribution is 2.28. The van der Waals surface area contributed by atoms with E-state index in [0.717, 1.165) is 10.5 Å². The molecule has 1 aliphatic rings. The van der Waals surface area contributed by atoms with Crippen molar-refractivity contribution in [2.45, 2.75) is 20.8 Å². The molecule has 0 aliphatic carbocycles. The van der Waals surface area contributed by atoms with E-state index in [1.165, 1.54) is 13.8 Å². The number of barbiturate groups is 1. The Hall–Kier alpha value is -2.17. The molecular weight excluding hydrogens is 232 g/mol. The highest BCUT2D eigenvalue weighted by molar-refractivity contribution is 6.29. The highest BCUT2D eigenvalue weighted by atomic mass is 16.2. The molecule has 1 saturated heterocycles. The van der Waals surface area contributed by atoms with Crippen LogP contribution in [0.3, 0.4) is 0 Å². The molecule has 0 atom stereocenters. The van der Waals surface area contributed by atoms with Gasteiger partial charge in [-0.05, 0) is 38.5 Å². The number of hydrogen-bond donors (Lipinski definition) is 1. The third-order valence-electron chi connectivity index (χ3n) is 2.99. The normalized spacial score (nSPS) is 18.8. The van der Waals surface area contributed by atoms with Gasteiger partial charge in [0.25, 0.3) is 0 Å². The lowest BCUT2D eigenvalue weighted by Crippen LogP contribution is -2.62. The molecule has 5 nitrogen and oxygen atoms in total. The monoisotopic (exact) mass is 246 g/mol. The van der Waals surface area contributed by atoms with Crippen LogP contribution in [0.25, 0.3) is 0 Å². The summed E-state index contributed by atoms with van der Waals surface area (Å²) in [5, 5.41) is 2.20. The molecule has 2 rings (SSSR count). The predicted molar refractivity (Wildman–Crippen MR) is 66.0 cm³/mol. The number of nitrogens with one attached hydrogen (secondary N) is 1. The second-order valence-electron chi connectivity index (χ2n) is 4.86. The molecule has 0 unspecified atom stereocenters. The van der Waals surface area contributed by atoms with Crippen molar-refractivity contribution in [1.82, 2.24) is 5.32 Å². The molecule has 4 amide bonds. The Morgan fingerprint density at radius 1 is 1.17 bits per heavy atom. The van der Waals surface area contributed by atoms with Gasteiger partial charge in [0.15, 0.2) is 0 Å². The van der Waals surface area contributed by atoms with Crippen LogP contribution in [0.1, 0.15) is 19.4 Å². The van der Waals surface area contributed by atoms with Gasteiger partial charge >= 0.3 is 6.03 Å². The van der Waals surface area contributed by atoms with Crippen molar-refractivity contribution in [2.24, 2.45) is 5.41 Å². The number of carbonyl (C=O) groups is 3. The number of nitrogens with zero attached hydrogens (tertiary/aromatic N) is 1. The minimum atomic E-state index is -1.24. The number of imide groups is 2. The standard InChI is InChI=1S/C13H14N2O3/c1-8-5-4-6-9(7-8)15-11(17)13(2,3)10(16)14-12(15)18/h4-7H,1-3H3,(H,14,16,18). The number of rotatable bonds is 1. The van der Waals surface area contributed by atoms with Gasteiger partial charge in [0, 0.05) is 0 Å². The Kier molecular flexibility index (Phi) is 2.69. The molecule has 0 aromatic heterocycles. The first-order chi connectivity index (χ1) is 8.34. The molecule has 0 bridgehead atoms. The molecule has 0 spiro atoms. The lowest BCUT2D eigenvalue weighted by Gasteiger charge is -2.34. The molecule has 18 heavy (non-hydrogen) atoms. The minimum absolute atomic E-state index is 0.470. The number of benzene rings is 1. The number of aryl methyl sites for hydroxylation is 1. The van der Waals surface area contributed by atoms with E-state index in [1.54, 1.807) is 18.2 Å². The Labute approximate surface area is 105 Å². The summed E-state index contributed by atoms with van der Waals surface area (Å²) in [4.78, 5) is 36.6. The first-order valence-corrected chi connectivity index (χ1v) is 5.60. The van der Waals surface area contributed by atoms with Crippen LogP contribution < -0.4 is 10.2 Å². The van der Waals surface area contributed by atoms with Crippen molar-refractivity contribution in [3.8, 4) is 0 Å². The second kappa shape index (κ2) is 3.94. The lowest BCUT2D eigenvalue weighted by atomic mass is 9.88. The van der Waals surface area contributed by atoms with Crippen LogP contribution >= 0.6 is 0 Å². The predicted octanol–water partition coefficient (Wildman–Crippen LogP) is 1.60. The van der Waals surface area contributed by atoms with Crippen LogP contribution in [0.15, 0.2) is 24.3 Å². The maximum absolute atomic E-state index is 12.2. The topological polar surface area (TPSA) is 66.5 Å². The summed E-state index contributed by atoms with van der Waals surface area (Å²) in [6.07, 6.45) is 0. The number of amides is 4. The van der Waals surface area contributed by atoms with Crippen LogP contribution in [0.4, 0.5) is 10.5 Å².